The molecule has 1 N–H and O–H groups in total. The molecular weight excluding hydrogens is 272 g/mol. The zero-order valence-electron chi connectivity index (χ0n) is 13.3. The van der Waals surface area contributed by atoms with Crippen LogP contribution < -0.4 is 5.69 Å². The molecule has 118 valence electrons. The molecule has 0 fully saturated rings. The predicted octanol–water partition coefficient (Wildman–Crippen LogP) is 1.41. The molecule has 0 aliphatic rings. The van der Waals surface area contributed by atoms with E-state index in [1.165, 1.54) is 0 Å². The lowest BCUT2D eigenvalue weighted by atomic mass is 9.98. The van der Waals surface area contributed by atoms with E-state index in [1.54, 1.807) is 25.5 Å². The molecule has 0 saturated carbocycles. The number of aliphatic carboxylic acids is 1. The monoisotopic (exact) mass is 296 g/mol. The summed E-state index contributed by atoms with van der Waals surface area (Å²) in [6.45, 7) is 8.32. The molecule has 0 aliphatic carbocycles. The standard InChI is InChI=1S/C15H24N2O4/c1-9(8-21-5)7-17-12(4)13(6-10(2)14(18)19)11(3)16-15(17)20/h9-10H,6-8H2,1-5H3,(H,18,19). The number of hydrogen-bond acceptors (Lipinski definition) is 4. The third-order valence-corrected chi connectivity index (χ3v) is 3.65. The number of aromatic nitrogens is 2. The van der Waals surface area contributed by atoms with Crippen molar-refractivity contribution in [3.63, 3.8) is 0 Å². The second-order valence-electron chi connectivity index (χ2n) is 5.66. The van der Waals surface area contributed by atoms with E-state index in [0.717, 1.165) is 11.3 Å². The summed E-state index contributed by atoms with van der Waals surface area (Å²) >= 11 is 0. The van der Waals surface area contributed by atoms with Crippen molar-refractivity contribution < 1.29 is 14.6 Å². The fourth-order valence-corrected chi connectivity index (χ4v) is 2.39. The summed E-state index contributed by atoms with van der Waals surface area (Å²) in [6, 6.07) is 0. The van der Waals surface area contributed by atoms with Crippen LogP contribution in [0.5, 0.6) is 0 Å². The van der Waals surface area contributed by atoms with Crippen molar-refractivity contribution in [3.8, 4) is 0 Å². The highest BCUT2D eigenvalue weighted by Gasteiger charge is 2.18. The molecule has 1 rings (SSSR count). The summed E-state index contributed by atoms with van der Waals surface area (Å²) in [5.74, 6) is -1.17. The highest BCUT2D eigenvalue weighted by Crippen LogP contribution is 2.16. The van der Waals surface area contributed by atoms with Crippen LogP contribution in [0.25, 0.3) is 0 Å². The van der Waals surface area contributed by atoms with Crippen molar-refractivity contribution in [1.29, 1.82) is 0 Å². The first-order valence-electron chi connectivity index (χ1n) is 7.06. The van der Waals surface area contributed by atoms with Crippen molar-refractivity contribution in [2.24, 2.45) is 11.8 Å². The van der Waals surface area contributed by atoms with Gasteiger partial charge < -0.3 is 9.84 Å². The number of carboxylic acid groups (broad SMARTS) is 1. The zero-order chi connectivity index (χ0) is 16.2. The molecule has 0 saturated heterocycles. The van der Waals surface area contributed by atoms with Crippen LogP contribution in [0, 0.1) is 25.7 Å². The number of carboxylic acids is 1. The van der Waals surface area contributed by atoms with Gasteiger partial charge in [-0.15, -0.1) is 0 Å². The number of aryl methyl sites for hydroxylation is 1. The average molecular weight is 296 g/mol. The van der Waals surface area contributed by atoms with E-state index < -0.39 is 11.9 Å². The molecule has 0 aliphatic heterocycles. The maximum Gasteiger partial charge on any atom is 0.347 e. The van der Waals surface area contributed by atoms with E-state index in [2.05, 4.69) is 4.98 Å². The molecular formula is C15H24N2O4. The van der Waals surface area contributed by atoms with Gasteiger partial charge in [0.15, 0.2) is 0 Å². The second-order valence-corrected chi connectivity index (χ2v) is 5.66. The minimum Gasteiger partial charge on any atom is -0.481 e. The van der Waals surface area contributed by atoms with E-state index in [4.69, 9.17) is 9.84 Å². The fraction of sp³-hybridized carbons (Fsp3) is 0.667. The first-order valence-corrected chi connectivity index (χ1v) is 7.06. The molecule has 2 atom stereocenters. The van der Waals surface area contributed by atoms with Crippen LogP contribution in [-0.2, 0) is 22.5 Å². The Morgan fingerprint density at radius 2 is 2.00 bits per heavy atom. The lowest BCUT2D eigenvalue weighted by Gasteiger charge is -2.19. The lowest BCUT2D eigenvalue weighted by Crippen LogP contribution is -2.31. The summed E-state index contributed by atoms with van der Waals surface area (Å²) in [5.41, 5.74) is 1.96. The third-order valence-electron chi connectivity index (χ3n) is 3.65. The molecule has 0 aromatic carbocycles. The highest BCUT2D eigenvalue weighted by atomic mass is 16.5. The Kier molecular flexibility index (Phi) is 6.08. The van der Waals surface area contributed by atoms with Gasteiger partial charge in [-0.1, -0.05) is 13.8 Å². The van der Waals surface area contributed by atoms with Crippen LogP contribution in [-0.4, -0.2) is 34.3 Å². The maximum atomic E-state index is 12.1. The Hall–Kier alpha value is -1.69. The molecule has 0 bridgehead atoms. The summed E-state index contributed by atoms with van der Waals surface area (Å²) in [5, 5.41) is 9.06. The number of hydrogen-bond donors (Lipinski definition) is 1. The molecule has 2 unspecified atom stereocenters. The number of ether oxygens (including phenoxy) is 1. The smallest absolute Gasteiger partial charge is 0.347 e. The number of rotatable bonds is 7. The molecule has 0 amide bonds. The van der Waals surface area contributed by atoms with Crippen molar-refractivity contribution in [2.75, 3.05) is 13.7 Å². The molecule has 1 heterocycles. The van der Waals surface area contributed by atoms with Gasteiger partial charge in [-0.25, -0.2) is 4.79 Å². The molecule has 21 heavy (non-hydrogen) atoms. The van der Waals surface area contributed by atoms with Gasteiger partial charge in [-0.2, -0.15) is 4.98 Å². The van der Waals surface area contributed by atoms with E-state index in [9.17, 15) is 9.59 Å². The highest BCUT2D eigenvalue weighted by molar-refractivity contribution is 5.70. The van der Waals surface area contributed by atoms with Gasteiger partial charge in [0.1, 0.15) is 0 Å². The normalized spacial score (nSPS) is 14.0. The Labute approximate surface area is 124 Å². The van der Waals surface area contributed by atoms with Gasteiger partial charge in [0.2, 0.25) is 0 Å². The first kappa shape index (κ1) is 17.4. The quantitative estimate of drug-likeness (QED) is 0.822. The van der Waals surface area contributed by atoms with Crippen LogP contribution in [0.3, 0.4) is 0 Å². The van der Waals surface area contributed by atoms with Crippen LogP contribution in [0.1, 0.15) is 30.8 Å². The fourth-order valence-electron chi connectivity index (χ4n) is 2.39. The summed E-state index contributed by atoms with van der Waals surface area (Å²) in [7, 11) is 1.62. The Morgan fingerprint density at radius 3 is 2.52 bits per heavy atom. The molecule has 6 nitrogen and oxygen atoms in total. The minimum atomic E-state index is -0.848. The number of methoxy groups -OCH3 is 1. The van der Waals surface area contributed by atoms with Crippen LogP contribution >= 0.6 is 0 Å². The van der Waals surface area contributed by atoms with Crippen LogP contribution in [0.2, 0.25) is 0 Å². The topological polar surface area (TPSA) is 81.4 Å². The Morgan fingerprint density at radius 1 is 1.38 bits per heavy atom. The summed E-state index contributed by atoms with van der Waals surface area (Å²) < 4.78 is 6.70. The molecule has 0 spiro atoms. The second kappa shape index (κ2) is 7.36. The van der Waals surface area contributed by atoms with Gasteiger partial charge >= 0.3 is 11.7 Å². The van der Waals surface area contributed by atoms with Crippen LogP contribution in [0.15, 0.2) is 4.79 Å². The average Bonchev–Trinajstić information content (AvgIpc) is 2.39. The largest absolute Gasteiger partial charge is 0.481 e. The molecule has 0 radical (unpaired) electrons. The van der Waals surface area contributed by atoms with E-state index in [0.29, 0.717) is 25.3 Å². The Bertz CT molecular complexity index is 566. The predicted molar refractivity (Wildman–Crippen MR) is 79.5 cm³/mol. The first-order chi connectivity index (χ1) is 9.77. The van der Waals surface area contributed by atoms with Crippen molar-refractivity contribution >= 4 is 5.97 Å². The lowest BCUT2D eigenvalue weighted by molar-refractivity contribution is -0.141. The van der Waals surface area contributed by atoms with Crippen LogP contribution in [0.4, 0.5) is 0 Å². The van der Waals surface area contributed by atoms with Gasteiger partial charge in [-0.05, 0) is 31.7 Å². The van der Waals surface area contributed by atoms with E-state index in [1.807, 2.05) is 13.8 Å². The van der Waals surface area contributed by atoms with Crippen molar-refractivity contribution in [3.05, 3.63) is 27.4 Å². The molecule has 6 heteroatoms. The zero-order valence-corrected chi connectivity index (χ0v) is 13.3. The Balaban J connectivity index is 3.16. The molecule has 1 aromatic heterocycles. The van der Waals surface area contributed by atoms with Gasteiger partial charge in [-0.3, -0.25) is 9.36 Å². The van der Waals surface area contributed by atoms with Crippen molar-refractivity contribution in [2.45, 2.75) is 40.7 Å². The third kappa shape index (κ3) is 4.39. The number of nitrogens with zero attached hydrogens (tertiary/aromatic N) is 2. The maximum absolute atomic E-state index is 12.1. The number of carbonyl (C=O) groups is 1. The van der Waals surface area contributed by atoms with Gasteiger partial charge in [0.25, 0.3) is 0 Å². The van der Waals surface area contributed by atoms with Crippen molar-refractivity contribution in [1.82, 2.24) is 9.55 Å². The summed E-state index contributed by atoms with van der Waals surface area (Å²) in [6.07, 6.45) is 0.374. The van der Waals surface area contributed by atoms with E-state index >= 15 is 0 Å². The van der Waals surface area contributed by atoms with Gasteiger partial charge in [0.05, 0.1) is 12.5 Å². The molecule has 1 aromatic rings. The SMILES string of the molecule is COCC(C)Cn1c(C)c(CC(C)C(=O)O)c(C)nc1=O. The van der Waals surface area contributed by atoms with E-state index in [-0.39, 0.29) is 11.6 Å². The minimum absolute atomic E-state index is 0.181. The van der Waals surface area contributed by atoms with Gasteiger partial charge in [0, 0.05) is 25.0 Å². The summed E-state index contributed by atoms with van der Waals surface area (Å²) in [4.78, 5) is 27.1.